The van der Waals surface area contributed by atoms with E-state index in [4.69, 9.17) is 16.0 Å². The first-order valence-corrected chi connectivity index (χ1v) is 6.37. The van der Waals surface area contributed by atoms with Crippen molar-refractivity contribution in [1.29, 1.82) is 0 Å². The van der Waals surface area contributed by atoms with Crippen LogP contribution in [0.4, 0.5) is 0 Å². The lowest BCUT2D eigenvalue weighted by molar-refractivity contribution is 0.441. The molecule has 0 amide bonds. The Morgan fingerprint density at radius 3 is 2.88 bits per heavy atom. The quantitative estimate of drug-likeness (QED) is 0.929. The van der Waals surface area contributed by atoms with Gasteiger partial charge in [-0.3, -0.25) is 0 Å². The van der Waals surface area contributed by atoms with Crippen molar-refractivity contribution < 1.29 is 4.42 Å². The van der Waals surface area contributed by atoms with Gasteiger partial charge in [0.15, 0.2) is 5.76 Å². The zero-order chi connectivity index (χ0) is 12.4. The lowest BCUT2D eigenvalue weighted by Gasteiger charge is -2.04. The van der Waals surface area contributed by atoms with E-state index in [0.29, 0.717) is 10.9 Å². The summed E-state index contributed by atoms with van der Waals surface area (Å²) < 4.78 is 6.54. The van der Waals surface area contributed by atoms with Gasteiger partial charge < -0.3 is 9.73 Å². The van der Waals surface area contributed by atoms with Gasteiger partial charge in [0.05, 0.1) is 17.3 Å². The number of nitrogens with zero attached hydrogens (tertiary/aromatic N) is 1. The smallest absolute Gasteiger partial charge is 0.211 e. The molecule has 1 atom stereocenters. The largest absolute Gasteiger partial charge is 0.439 e. The van der Waals surface area contributed by atoms with E-state index < -0.39 is 0 Å². The maximum atomic E-state index is 6.04. The molecule has 0 aliphatic heterocycles. The zero-order valence-corrected chi connectivity index (χ0v) is 11.8. The van der Waals surface area contributed by atoms with Gasteiger partial charge in [-0.15, -0.1) is 0 Å². The molecule has 0 fully saturated rings. The normalized spacial score (nSPS) is 12.7. The van der Waals surface area contributed by atoms with E-state index in [9.17, 15) is 0 Å². The molecular weight excluding hydrogens is 304 g/mol. The molecule has 5 heteroatoms. The molecule has 1 N–H and O–H groups in total. The molecule has 0 aliphatic carbocycles. The lowest BCUT2D eigenvalue weighted by atomic mass is 10.2. The molecule has 1 unspecified atom stereocenters. The Kier molecular flexibility index (Phi) is 3.86. The molecular formula is C12H12BrClN2O. The van der Waals surface area contributed by atoms with Gasteiger partial charge in [-0.1, -0.05) is 11.6 Å². The highest BCUT2D eigenvalue weighted by atomic mass is 79.9. The summed E-state index contributed by atoms with van der Waals surface area (Å²) in [5, 5.41) is 3.73. The summed E-state index contributed by atoms with van der Waals surface area (Å²) in [4.78, 5) is 4.23. The fourth-order valence-electron chi connectivity index (χ4n) is 1.39. The Morgan fingerprint density at radius 2 is 2.24 bits per heavy atom. The SMILES string of the molecule is CNC(C)c1ncc(-c2ccc(Br)c(Cl)c2)o1. The Morgan fingerprint density at radius 1 is 1.47 bits per heavy atom. The van der Waals surface area contributed by atoms with Gasteiger partial charge in [-0.2, -0.15) is 0 Å². The minimum absolute atomic E-state index is 0.0923. The Labute approximate surface area is 113 Å². The fourth-order valence-corrected chi connectivity index (χ4v) is 1.82. The first-order chi connectivity index (χ1) is 8.11. The third-order valence-corrected chi connectivity index (χ3v) is 3.76. The lowest BCUT2D eigenvalue weighted by Crippen LogP contribution is -2.12. The van der Waals surface area contributed by atoms with E-state index in [0.717, 1.165) is 15.8 Å². The van der Waals surface area contributed by atoms with Crippen molar-refractivity contribution in [2.24, 2.45) is 0 Å². The number of nitrogens with one attached hydrogen (secondary N) is 1. The maximum Gasteiger partial charge on any atom is 0.211 e. The van der Waals surface area contributed by atoms with Gasteiger partial charge in [-0.05, 0) is 48.1 Å². The van der Waals surface area contributed by atoms with E-state index in [1.54, 1.807) is 6.20 Å². The second kappa shape index (κ2) is 5.21. The van der Waals surface area contributed by atoms with Crippen molar-refractivity contribution in [2.45, 2.75) is 13.0 Å². The molecule has 0 radical (unpaired) electrons. The van der Waals surface area contributed by atoms with Crippen LogP contribution in [0, 0.1) is 0 Å². The van der Waals surface area contributed by atoms with Crippen LogP contribution in [0.2, 0.25) is 5.02 Å². The molecule has 0 saturated heterocycles. The third-order valence-electron chi connectivity index (χ3n) is 2.53. The minimum Gasteiger partial charge on any atom is -0.439 e. The average molecular weight is 316 g/mol. The number of hydrogen-bond donors (Lipinski definition) is 1. The number of halogens is 2. The van der Waals surface area contributed by atoms with Crippen molar-refractivity contribution in [3.8, 4) is 11.3 Å². The van der Waals surface area contributed by atoms with E-state index in [2.05, 4.69) is 26.2 Å². The fraction of sp³-hybridized carbons (Fsp3) is 0.250. The van der Waals surface area contributed by atoms with Crippen LogP contribution in [0.1, 0.15) is 18.9 Å². The maximum absolute atomic E-state index is 6.04. The van der Waals surface area contributed by atoms with Crippen molar-refractivity contribution in [2.75, 3.05) is 7.05 Å². The topological polar surface area (TPSA) is 38.1 Å². The van der Waals surface area contributed by atoms with Crippen LogP contribution in [0.15, 0.2) is 33.3 Å². The Hall–Kier alpha value is -0.840. The number of benzene rings is 1. The summed E-state index contributed by atoms with van der Waals surface area (Å²) in [5.74, 6) is 1.39. The molecule has 1 aromatic heterocycles. The van der Waals surface area contributed by atoms with Crippen molar-refractivity contribution in [3.05, 3.63) is 39.8 Å². The molecule has 0 saturated carbocycles. The second-order valence-corrected chi connectivity index (χ2v) is 4.96. The number of hydrogen-bond acceptors (Lipinski definition) is 3. The molecule has 1 heterocycles. The summed E-state index contributed by atoms with van der Waals surface area (Å²) in [7, 11) is 1.87. The predicted molar refractivity (Wildman–Crippen MR) is 72.1 cm³/mol. The van der Waals surface area contributed by atoms with E-state index in [-0.39, 0.29) is 6.04 Å². The van der Waals surface area contributed by atoms with Crippen molar-refractivity contribution in [3.63, 3.8) is 0 Å². The van der Waals surface area contributed by atoms with Gasteiger partial charge in [0.2, 0.25) is 5.89 Å². The second-order valence-electron chi connectivity index (χ2n) is 3.70. The average Bonchev–Trinajstić information content (AvgIpc) is 2.81. The number of oxazole rings is 1. The van der Waals surface area contributed by atoms with Gasteiger partial charge in [0, 0.05) is 10.0 Å². The number of aromatic nitrogens is 1. The first-order valence-electron chi connectivity index (χ1n) is 5.20. The summed E-state index contributed by atoms with van der Waals surface area (Å²) >= 11 is 9.39. The Balaban J connectivity index is 2.33. The highest BCUT2D eigenvalue weighted by Gasteiger charge is 2.12. The molecule has 17 heavy (non-hydrogen) atoms. The van der Waals surface area contributed by atoms with Gasteiger partial charge in [-0.25, -0.2) is 4.98 Å². The highest BCUT2D eigenvalue weighted by molar-refractivity contribution is 9.10. The Bertz CT molecular complexity index is 527. The van der Waals surface area contributed by atoms with Crippen LogP contribution >= 0.6 is 27.5 Å². The minimum atomic E-state index is 0.0923. The summed E-state index contributed by atoms with van der Waals surface area (Å²) in [6, 6.07) is 5.76. The van der Waals surface area contributed by atoms with Crippen molar-refractivity contribution in [1.82, 2.24) is 10.3 Å². The monoisotopic (exact) mass is 314 g/mol. The van der Waals surface area contributed by atoms with Crippen LogP contribution in [-0.4, -0.2) is 12.0 Å². The summed E-state index contributed by atoms with van der Waals surface area (Å²) in [6.45, 7) is 1.99. The molecule has 0 aliphatic rings. The molecule has 0 bridgehead atoms. The van der Waals surface area contributed by atoms with Crippen LogP contribution < -0.4 is 5.32 Å². The first kappa shape index (κ1) is 12.6. The molecule has 2 rings (SSSR count). The summed E-state index contributed by atoms with van der Waals surface area (Å²) in [6.07, 6.45) is 1.71. The van der Waals surface area contributed by atoms with E-state index >= 15 is 0 Å². The molecule has 3 nitrogen and oxygen atoms in total. The molecule has 90 valence electrons. The zero-order valence-electron chi connectivity index (χ0n) is 9.50. The molecule has 0 spiro atoms. The summed E-state index contributed by atoms with van der Waals surface area (Å²) in [5.41, 5.74) is 0.917. The van der Waals surface area contributed by atoms with Gasteiger partial charge in [0.25, 0.3) is 0 Å². The van der Waals surface area contributed by atoms with Crippen molar-refractivity contribution >= 4 is 27.5 Å². The molecule has 1 aromatic carbocycles. The standard InChI is InChI=1S/C12H12BrClN2O/c1-7(15-2)12-16-6-11(17-12)8-3-4-9(13)10(14)5-8/h3-7,15H,1-2H3. The van der Waals surface area contributed by atoms with E-state index in [1.807, 2.05) is 32.2 Å². The van der Waals surface area contributed by atoms with Crippen LogP contribution in [-0.2, 0) is 0 Å². The van der Waals surface area contributed by atoms with Crippen LogP contribution in [0.3, 0.4) is 0 Å². The predicted octanol–water partition coefficient (Wildman–Crippen LogP) is 4.04. The van der Waals surface area contributed by atoms with Crippen LogP contribution in [0.25, 0.3) is 11.3 Å². The number of rotatable bonds is 3. The third kappa shape index (κ3) is 2.70. The highest BCUT2D eigenvalue weighted by Crippen LogP contribution is 2.29. The molecule has 2 aromatic rings. The van der Waals surface area contributed by atoms with E-state index in [1.165, 1.54) is 0 Å². The van der Waals surface area contributed by atoms with Gasteiger partial charge in [0.1, 0.15) is 0 Å². The van der Waals surface area contributed by atoms with Gasteiger partial charge >= 0.3 is 0 Å². The van der Waals surface area contributed by atoms with Crippen LogP contribution in [0.5, 0.6) is 0 Å².